The van der Waals surface area contributed by atoms with E-state index in [0.717, 1.165) is 11.1 Å². The number of benzene rings is 1. The minimum Gasteiger partial charge on any atom is -0.454 e. The predicted octanol–water partition coefficient (Wildman–Crippen LogP) is 2.65. The third-order valence-corrected chi connectivity index (χ3v) is 3.62. The van der Waals surface area contributed by atoms with Crippen LogP contribution in [0, 0.1) is 0 Å². The number of aromatic nitrogens is 2. The molecular weight excluding hydrogens is 304 g/mol. The summed E-state index contributed by atoms with van der Waals surface area (Å²) < 4.78 is 10.2. The van der Waals surface area contributed by atoms with E-state index in [1.165, 1.54) is 11.3 Å². The smallest absolute Gasteiger partial charge is 0.338 e. The molecule has 7 heteroatoms. The van der Waals surface area contributed by atoms with Crippen LogP contribution in [0.2, 0.25) is 0 Å². The van der Waals surface area contributed by atoms with Crippen molar-refractivity contribution < 1.29 is 19.2 Å². The number of aliphatic hydroxyl groups is 1. The second kappa shape index (κ2) is 6.50. The van der Waals surface area contributed by atoms with Gasteiger partial charge in [0.25, 0.3) is 5.89 Å². The van der Waals surface area contributed by atoms with Gasteiger partial charge < -0.3 is 14.4 Å². The van der Waals surface area contributed by atoms with Gasteiger partial charge in [-0.3, -0.25) is 0 Å². The highest BCUT2D eigenvalue weighted by Crippen LogP contribution is 2.20. The zero-order valence-electron chi connectivity index (χ0n) is 11.4. The summed E-state index contributed by atoms with van der Waals surface area (Å²) in [5.74, 6) is 0.229. The zero-order chi connectivity index (χ0) is 15.4. The molecular formula is C15H12N2O4S. The summed E-state index contributed by atoms with van der Waals surface area (Å²) in [6.07, 6.45) is 0. The van der Waals surface area contributed by atoms with Gasteiger partial charge in [0.05, 0.1) is 17.7 Å². The van der Waals surface area contributed by atoms with Crippen molar-refractivity contribution in [2.24, 2.45) is 0 Å². The molecule has 0 spiro atoms. The highest BCUT2D eigenvalue weighted by Gasteiger charge is 2.12. The van der Waals surface area contributed by atoms with E-state index < -0.39 is 5.97 Å². The molecule has 0 saturated carbocycles. The molecule has 0 aliphatic heterocycles. The summed E-state index contributed by atoms with van der Waals surface area (Å²) in [6.45, 7) is -0.127. The first-order chi connectivity index (χ1) is 10.8. The van der Waals surface area contributed by atoms with Gasteiger partial charge in [0.15, 0.2) is 6.61 Å². The average molecular weight is 316 g/mol. The van der Waals surface area contributed by atoms with Gasteiger partial charge in [-0.25, -0.2) is 4.79 Å². The number of thiophene rings is 1. The maximum Gasteiger partial charge on any atom is 0.338 e. The number of hydrogen-bond acceptors (Lipinski definition) is 7. The second-order valence-corrected chi connectivity index (χ2v) is 5.24. The van der Waals surface area contributed by atoms with Gasteiger partial charge in [-0.1, -0.05) is 17.3 Å². The van der Waals surface area contributed by atoms with Crippen LogP contribution in [-0.2, 0) is 18.0 Å². The van der Waals surface area contributed by atoms with Crippen molar-refractivity contribution in [3.05, 3.63) is 58.0 Å². The molecule has 2 aromatic heterocycles. The lowest BCUT2D eigenvalue weighted by molar-refractivity contribution is 0.0459. The molecule has 0 unspecified atom stereocenters. The van der Waals surface area contributed by atoms with Crippen molar-refractivity contribution in [1.82, 2.24) is 10.1 Å². The Morgan fingerprint density at radius 2 is 2.09 bits per heavy atom. The molecule has 22 heavy (non-hydrogen) atoms. The fraction of sp³-hybridized carbons (Fsp3) is 0.133. The molecule has 0 atom stereocenters. The van der Waals surface area contributed by atoms with Crippen molar-refractivity contribution in [3.63, 3.8) is 0 Å². The van der Waals surface area contributed by atoms with E-state index in [1.54, 1.807) is 24.3 Å². The summed E-state index contributed by atoms with van der Waals surface area (Å²) in [6, 6.07) is 8.40. The molecule has 1 aromatic carbocycles. The standard InChI is InChI=1S/C15H12N2O4S/c18-7-10-1-3-11(4-2-10)15(19)20-8-13-16-14(21-17-13)12-5-6-22-9-12/h1-6,9,18H,7-8H2. The Bertz CT molecular complexity index is 750. The Balaban J connectivity index is 1.61. The third-order valence-electron chi connectivity index (χ3n) is 2.94. The summed E-state index contributed by atoms with van der Waals surface area (Å²) in [7, 11) is 0. The normalized spacial score (nSPS) is 10.6. The van der Waals surface area contributed by atoms with Gasteiger partial charge >= 0.3 is 5.97 Å². The SMILES string of the molecule is O=C(OCc1noc(-c2ccsc2)n1)c1ccc(CO)cc1. The minimum atomic E-state index is -0.480. The maximum atomic E-state index is 11.9. The lowest BCUT2D eigenvalue weighted by Gasteiger charge is -2.02. The van der Waals surface area contributed by atoms with E-state index in [9.17, 15) is 4.79 Å². The molecule has 0 fully saturated rings. The van der Waals surface area contributed by atoms with Crippen molar-refractivity contribution in [3.8, 4) is 11.5 Å². The van der Waals surface area contributed by atoms with Crippen molar-refractivity contribution in [1.29, 1.82) is 0 Å². The van der Waals surface area contributed by atoms with E-state index in [4.69, 9.17) is 14.4 Å². The molecule has 3 aromatic rings. The Kier molecular flexibility index (Phi) is 4.27. The number of carbonyl (C=O) groups is 1. The topological polar surface area (TPSA) is 85.5 Å². The zero-order valence-corrected chi connectivity index (χ0v) is 12.2. The number of aliphatic hydroxyl groups excluding tert-OH is 1. The molecule has 3 rings (SSSR count). The molecule has 0 aliphatic rings. The van der Waals surface area contributed by atoms with Gasteiger partial charge in [-0.05, 0) is 29.1 Å². The quantitative estimate of drug-likeness (QED) is 0.728. The fourth-order valence-corrected chi connectivity index (χ4v) is 2.41. The predicted molar refractivity (Wildman–Crippen MR) is 79.1 cm³/mol. The molecule has 0 amide bonds. The molecule has 6 nitrogen and oxygen atoms in total. The lowest BCUT2D eigenvalue weighted by Crippen LogP contribution is -2.06. The monoisotopic (exact) mass is 316 g/mol. The molecule has 1 N–H and O–H groups in total. The number of nitrogens with zero attached hydrogens (tertiary/aromatic N) is 2. The fourth-order valence-electron chi connectivity index (χ4n) is 1.78. The largest absolute Gasteiger partial charge is 0.454 e. The molecule has 0 saturated heterocycles. The van der Waals surface area contributed by atoms with Crippen LogP contribution in [0.25, 0.3) is 11.5 Å². The van der Waals surface area contributed by atoms with Crippen molar-refractivity contribution in [2.75, 3.05) is 0 Å². The molecule has 0 bridgehead atoms. The summed E-state index contributed by atoms with van der Waals surface area (Å²) in [5.41, 5.74) is 1.98. The highest BCUT2D eigenvalue weighted by molar-refractivity contribution is 7.08. The third kappa shape index (κ3) is 3.21. The first-order valence-electron chi connectivity index (χ1n) is 6.48. The van der Waals surface area contributed by atoms with Crippen LogP contribution < -0.4 is 0 Å². The van der Waals surface area contributed by atoms with Crippen LogP contribution in [0.5, 0.6) is 0 Å². The number of hydrogen-bond donors (Lipinski definition) is 1. The molecule has 0 radical (unpaired) electrons. The van der Waals surface area contributed by atoms with Gasteiger partial charge in [0.1, 0.15) is 0 Å². The van der Waals surface area contributed by atoms with Crippen LogP contribution in [0.3, 0.4) is 0 Å². The first kappa shape index (κ1) is 14.4. The summed E-state index contributed by atoms with van der Waals surface area (Å²) in [4.78, 5) is 16.0. The first-order valence-corrected chi connectivity index (χ1v) is 7.42. The second-order valence-electron chi connectivity index (χ2n) is 4.46. The Labute approximate surface area is 130 Å². The minimum absolute atomic E-state index is 0.0613. The van der Waals surface area contributed by atoms with E-state index in [2.05, 4.69) is 10.1 Å². The van der Waals surface area contributed by atoms with Crippen LogP contribution in [0.15, 0.2) is 45.6 Å². The van der Waals surface area contributed by atoms with Crippen LogP contribution in [-0.4, -0.2) is 21.2 Å². The number of carbonyl (C=O) groups excluding carboxylic acids is 1. The van der Waals surface area contributed by atoms with Crippen LogP contribution in [0.1, 0.15) is 21.7 Å². The van der Waals surface area contributed by atoms with Gasteiger partial charge in [0, 0.05) is 5.38 Å². The number of rotatable bonds is 5. The van der Waals surface area contributed by atoms with Crippen LogP contribution >= 0.6 is 11.3 Å². The number of ether oxygens (including phenoxy) is 1. The van der Waals surface area contributed by atoms with Crippen molar-refractivity contribution in [2.45, 2.75) is 13.2 Å². The summed E-state index contributed by atoms with van der Waals surface area (Å²) in [5, 5.41) is 16.5. The van der Waals surface area contributed by atoms with E-state index in [0.29, 0.717) is 17.3 Å². The molecule has 112 valence electrons. The molecule has 2 heterocycles. The van der Waals surface area contributed by atoms with Crippen LogP contribution in [0.4, 0.5) is 0 Å². The van der Waals surface area contributed by atoms with Gasteiger partial charge in [-0.15, -0.1) is 0 Å². The molecule has 0 aliphatic carbocycles. The summed E-state index contributed by atoms with van der Waals surface area (Å²) >= 11 is 1.53. The van der Waals surface area contributed by atoms with Gasteiger partial charge in [-0.2, -0.15) is 16.3 Å². The number of esters is 1. The maximum absolute atomic E-state index is 11.9. The van der Waals surface area contributed by atoms with E-state index in [1.807, 2.05) is 16.8 Å². The Morgan fingerprint density at radius 3 is 2.77 bits per heavy atom. The van der Waals surface area contributed by atoms with E-state index in [-0.39, 0.29) is 13.2 Å². The lowest BCUT2D eigenvalue weighted by atomic mass is 10.1. The van der Waals surface area contributed by atoms with Gasteiger partial charge in [0.2, 0.25) is 5.82 Å². The Hall–Kier alpha value is -2.51. The highest BCUT2D eigenvalue weighted by atomic mass is 32.1. The Morgan fingerprint density at radius 1 is 1.27 bits per heavy atom. The van der Waals surface area contributed by atoms with E-state index >= 15 is 0 Å². The van der Waals surface area contributed by atoms with Crippen molar-refractivity contribution >= 4 is 17.3 Å². The average Bonchev–Trinajstić information content (AvgIpc) is 3.23.